The smallest absolute Gasteiger partial charge is 0.415 e. The Morgan fingerprint density at radius 1 is 1.44 bits per heavy atom. The van der Waals surface area contributed by atoms with Crippen LogP contribution in [0.1, 0.15) is 13.3 Å². The second-order valence-corrected chi connectivity index (χ2v) is 4.48. The summed E-state index contributed by atoms with van der Waals surface area (Å²) in [6.07, 6.45) is -0.336. The second kappa shape index (κ2) is 4.68. The van der Waals surface area contributed by atoms with E-state index in [1.54, 1.807) is 0 Å². The minimum atomic E-state index is -0.703. The first-order chi connectivity index (χ1) is 8.57. The third-order valence-corrected chi connectivity index (χ3v) is 3.00. The van der Waals surface area contributed by atoms with E-state index in [2.05, 4.69) is 4.74 Å². The molecule has 1 saturated heterocycles. The summed E-state index contributed by atoms with van der Waals surface area (Å²) in [7, 11) is 1.33. The molecule has 0 spiro atoms. The molecule has 1 fully saturated rings. The Hall–Kier alpha value is -2.04. The lowest BCUT2D eigenvalue weighted by molar-refractivity contribution is -0.141. The number of methoxy groups -OCH3 is 1. The van der Waals surface area contributed by atoms with Crippen LogP contribution in [-0.4, -0.2) is 31.3 Å². The van der Waals surface area contributed by atoms with Crippen LogP contribution < -0.4 is 4.90 Å². The molecule has 96 valence electrons. The number of rotatable bonds is 3. The van der Waals surface area contributed by atoms with Gasteiger partial charge in [-0.1, -0.05) is 18.2 Å². The first-order valence-electron chi connectivity index (χ1n) is 5.66. The summed E-state index contributed by atoms with van der Waals surface area (Å²) in [5.74, 6) is -0.364. The fourth-order valence-corrected chi connectivity index (χ4v) is 2.07. The lowest BCUT2D eigenvalue weighted by atomic mass is 9.97. The molecule has 1 aliphatic rings. The average Bonchev–Trinajstić information content (AvgIpc) is 2.66. The van der Waals surface area contributed by atoms with E-state index in [0.29, 0.717) is 5.69 Å². The summed E-state index contributed by atoms with van der Waals surface area (Å²) in [4.78, 5) is 24.8. The number of carbonyl (C=O) groups is 2. The first kappa shape index (κ1) is 12.4. The van der Waals surface area contributed by atoms with Gasteiger partial charge in [0.15, 0.2) is 0 Å². The summed E-state index contributed by atoms with van der Waals surface area (Å²) in [6.45, 7) is 1.98. The van der Waals surface area contributed by atoms with Crippen molar-refractivity contribution >= 4 is 17.7 Å². The Balaban J connectivity index is 2.30. The van der Waals surface area contributed by atoms with E-state index in [4.69, 9.17) is 4.74 Å². The highest BCUT2D eigenvalue weighted by Crippen LogP contribution is 2.33. The third kappa shape index (κ3) is 2.16. The molecule has 1 aliphatic heterocycles. The Bertz CT molecular complexity index is 459. The summed E-state index contributed by atoms with van der Waals surface area (Å²) in [5.41, 5.74) is 0.0114. The predicted octanol–water partition coefficient (Wildman–Crippen LogP) is 1.96. The Morgan fingerprint density at radius 3 is 2.72 bits per heavy atom. The molecule has 0 saturated carbocycles. The highest BCUT2D eigenvalue weighted by atomic mass is 16.6. The molecule has 0 radical (unpaired) electrons. The summed E-state index contributed by atoms with van der Waals surface area (Å²) in [6, 6.07) is 9.14. The normalized spacial score (nSPS) is 22.8. The van der Waals surface area contributed by atoms with Crippen LogP contribution in [0.15, 0.2) is 30.3 Å². The quantitative estimate of drug-likeness (QED) is 0.768. The van der Waals surface area contributed by atoms with Crippen LogP contribution in [0.3, 0.4) is 0 Å². The zero-order valence-corrected chi connectivity index (χ0v) is 10.4. The van der Waals surface area contributed by atoms with Crippen LogP contribution in [0.25, 0.3) is 0 Å². The average molecular weight is 249 g/mol. The van der Waals surface area contributed by atoms with Crippen molar-refractivity contribution in [1.82, 2.24) is 0 Å². The number of amides is 1. The molecule has 1 amide bonds. The van der Waals surface area contributed by atoms with E-state index in [1.165, 1.54) is 12.0 Å². The largest absolute Gasteiger partial charge is 0.469 e. The van der Waals surface area contributed by atoms with Crippen molar-refractivity contribution in [3.63, 3.8) is 0 Å². The molecule has 1 aromatic carbocycles. The zero-order valence-electron chi connectivity index (χ0n) is 10.4. The lowest BCUT2D eigenvalue weighted by Crippen LogP contribution is -2.46. The van der Waals surface area contributed by atoms with Gasteiger partial charge < -0.3 is 9.47 Å². The first-order valence-corrected chi connectivity index (χ1v) is 5.66. The van der Waals surface area contributed by atoms with Crippen molar-refractivity contribution in [2.24, 2.45) is 0 Å². The van der Waals surface area contributed by atoms with E-state index in [1.807, 2.05) is 37.3 Å². The number of nitrogens with zero attached hydrogens (tertiary/aromatic N) is 1. The molecule has 0 aromatic heterocycles. The van der Waals surface area contributed by atoms with Crippen molar-refractivity contribution in [2.75, 3.05) is 18.6 Å². The van der Waals surface area contributed by atoms with Gasteiger partial charge in [-0.15, -0.1) is 0 Å². The van der Waals surface area contributed by atoms with Gasteiger partial charge in [0.05, 0.1) is 19.1 Å². The van der Waals surface area contributed by atoms with E-state index >= 15 is 0 Å². The van der Waals surface area contributed by atoms with Crippen molar-refractivity contribution < 1.29 is 19.1 Å². The fourth-order valence-electron chi connectivity index (χ4n) is 2.07. The maximum absolute atomic E-state index is 11.8. The highest BCUT2D eigenvalue weighted by Gasteiger charge is 2.46. The van der Waals surface area contributed by atoms with Crippen LogP contribution in [0, 0.1) is 0 Å². The molecule has 0 unspecified atom stereocenters. The number of hydrogen-bond donors (Lipinski definition) is 0. The number of anilines is 1. The van der Waals surface area contributed by atoms with Crippen LogP contribution in [-0.2, 0) is 14.3 Å². The number of esters is 1. The van der Waals surface area contributed by atoms with Gasteiger partial charge in [0.25, 0.3) is 0 Å². The molecule has 1 aromatic rings. The van der Waals surface area contributed by atoms with Gasteiger partial charge >= 0.3 is 12.1 Å². The van der Waals surface area contributed by atoms with E-state index in [0.717, 1.165) is 0 Å². The Morgan fingerprint density at radius 2 is 2.11 bits per heavy atom. The van der Waals surface area contributed by atoms with Gasteiger partial charge in [0.2, 0.25) is 0 Å². The van der Waals surface area contributed by atoms with Gasteiger partial charge in [0, 0.05) is 5.69 Å². The molecule has 2 rings (SSSR count). The predicted molar refractivity (Wildman–Crippen MR) is 65.3 cm³/mol. The number of hydrogen-bond acceptors (Lipinski definition) is 4. The number of ether oxygens (including phenoxy) is 2. The summed E-state index contributed by atoms with van der Waals surface area (Å²) in [5, 5.41) is 0. The van der Waals surface area contributed by atoms with E-state index < -0.39 is 11.6 Å². The van der Waals surface area contributed by atoms with Gasteiger partial charge in [-0.05, 0) is 19.1 Å². The molecule has 0 bridgehead atoms. The van der Waals surface area contributed by atoms with Crippen molar-refractivity contribution in [3.8, 4) is 0 Å². The fraction of sp³-hybridized carbons (Fsp3) is 0.385. The second-order valence-electron chi connectivity index (χ2n) is 4.48. The molecule has 1 heterocycles. The molecule has 1 atom stereocenters. The number of cyclic esters (lactones) is 1. The minimum absolute atomic E-state index is 0.101. The lowest BCUT2D eigenvalue weighted by Gasteiger charge is -2.30. The summed E-state index contributed by atoms with van der Waals surface area (Å²) < 4.78 is 9.72. The molecular weight excluding hydrogens is 234 g/mol. The molecular formula is C13H15NO4. The Labute approximate surface area is 105 Å². The molecule has 18 heavy (non-hydrogen) atoms. The van der Waals surface area contributed by atoms with Crippen LogP contribution in [0.5, 0.6) is 0 Å². The van der Waals surface area contributed by atoms with Crippen LogP contribution >= 0.6 is 0 Å². The third-order valence-electron chi connectivity index (χ3n) is 3.00. The summed E-state index contributed by atoms with van der Waals surface area (Å²) >= 11 is 0. The topological polar surface area (TPSA) is 55.8 Å². The van der Waals surface area contributed by atoms with Gasteiger partial charge in [-0.2, -0.15) is 0 Å². The zero-order chi connectivity index (χ0) is 13.2. The standard InChI is InChI=1S/C13H15NO4/c1-13(8-11(15)17-2)9-18-12(16)14(13)10-6-4-3-5-7-10/h3-7H,8-9H2,1-2H3/t13-/m0/s1. The maximum atomic E-state index is 11.8. The highest BCUT2D eigenvalue weighted by molar-refractivity contribution is 5.92. The van der Waals surface area contributed by atoms with Gasteiger partial charge in [-0.25, -0.2) is 4.79 Å². The molecule has 5 heteroatoms. The number of carbonyl (C=O) groups excluding carboxylic acids is 2. The maximum Gasteiger partial charge on any atom is 0.415 e. The number of benzene rings is 1. The monoisotopic (exact) mass is 249 g/mol. The van der Waals surface area contributed by atoms with Crippen molar-refractivity contribution in [3.05, 3.63) is 30.3 Å². The SMILES string of the molecule is COC(=O)C[C@@]1(C)COC(=O)N1c1ccccc1. The molecule has 0 aliphatic carbocycles. The molecule has 0 N–H and O–H groups in total. The minimum Gasteiger partial charge on any atom is -0.469 e. The van der Waals surface area contributed by atoms with Crippen LogP contribution in [0.4, 0.5) is 10.5 Å². The van der Waals surface area contributed by atoms with E-state index in [9.17, 15) is 9.59 Å². The Kier molecular flexibility index (Phi) is 3.23. The number of para-hydroxylation sites is 1. The molecule has 5 nitrogen and oxygen atoms in total. The van der Waals surface area contributed by atoms with Gasteiger partial charge in [-0.3, -0.25) is 9.69 Å². The van der Waals surface area contributed by atoms with Crippen LogP contribution in [0.2, 0.25) is 0 Å². The van der Waals surface area contributed by atoms with Gasteiger partial charge in [0.1, 0.15) is 6.61 Å². The van der Waals surface area contributed by atoms with E-state index in [-0.39, 0.29) is 19.0 Å². The van der Waals surface area contributed by atoms with Crippen molar-refractivity contribution in [2.45, 2.75) is 18.9 Å². The van der Waals surface area contributed by atoms with Crippen molar-refractivity contribution in [1.29, 1.82) is 0 Å².